The molecule has 0 spiro atoms. The van der Waals surface area contributed by atoms with E-state index in [2.05, 4.69) is 27.7 Å². The van der Waals surface area contributed by atoms with Crippen LogP contribution in [0.15, 0.2) is 0 Å². The first kappa shape index (κ1) is 8.43. The van der Waals surface area contributed by atoms with Crippen molar-refractivity contribution in [2.24, 2.45) is 0 Å². The van der Waals surface area contributed by atoms with Crippen molar-refractivity contribution in [1.82, 2.24) is 0 Å². The average molecular weight is 142 g/mol. The van der Waals surface area contributed by atoms with E-state index >= 15 is 0 Å². The Kier molecular flexibility index (Phi) is 4.56. The van der Waals surface area contributed by atoms with E-state index in [0.717, 1.165) is 11.1 Å². The smallest absolute Gasteiger partial charge is 0.00296 e. The van der Waals surface area contributed by atoms with Gasteiger partial charge >= 0.3 is 0 Å². The van der Waals surface area contributed by atoms with Crippen LogP contribution in [0.3, 0.4) is 0 Å². The summed E-state index contributed by atoms with van der Waals surface area (Å²) < 4.78 is 0. The summed E-state index contributed by atoms with van der Waals surface area (Å²) in [7, 11) is 2.39. The second-order valence-corrected chi connectivity index (χ2v) is 7.22. The standard InChI is InChI=1S/C6H14Si2/c1-5(2)7-8-6(3)4/h5-6H,1-4H3. The van der Waals surface area contributed by atoms with Gasteiger partial charge in [0.05, 0.1) is 0 Å². The molecule has 0 aliphatic heterocycles. The number of hydrogen-bond donors (Lipinski definition) is 0. The van der Waals surface area contributed by atoms with Crippen LogP contribution in [0.25, 0.3) is 0 Å². The highest BCUT2D eigenvalue weighted by Crippen LogP contribution is 1.95. The molecule has 2 heteroatoms. The molecule has 0 amide bonds. The summed E-state index contributed by atoms with van der Waals surface area (Å²) in [4.78, 5) is 0. The molecule has 0 nitrogen and oxygen atoms in total. The van der Waals surface area contributed by atoms with Crippen LogP contribution in [-0.4, -0.2) is 17.2 Å². The van der Waals surface area contributed by atoms with Gasteiger partial charge in [-0.2, -0.15) is 0 Å². The minimum absolute atomic E-state index is 0.927. The molecule has 0 fully saturated rings. The zero-order chi connectivity index (χ0) is 6.57. The van der Waals surface area contributed by atoms with Gasteiger partial charge in [0.1, 0.15) is 0 Å². The van der Waals surface area contributed by atoms with Crippen LogP contribution in [0.4, 0.5) is 0 Å². The summed E-state index contributed by atoms with van der Waals surface area (Å²) in [6, 6.07) is 0. The molecule has 0 aromatic rings. The molecule has 0 aliphatic carbocycles. The second-order valence-electron chi connectivity index (χ2n) is 2.60. The van der Waals surface area contributed by atoms with Gasteiger partial charge in [0, 0.05) is 0 Å². The van der Waals surface area contributed by atoms with Crippen molar-refractivity contribution in [3.63, 3.8) is 0 Å². The van der Waals surface area contributed by atoms with Crippen LogP contribution >= 0.6 is 0 Å². The zero-order valence-electron chi connectivity index (χ0n) is 6.15. The molecule has 2 radical (unpaired) electrons. The van der Waals surface area contributed by atoms with Crippen molar-refractivity contribution in [1.29, 1.82) is 0 Å². The third kappa shape index (κ3) is 6.43. The first-order valence-corrected chi connectivity index (χ1v) is 6.29. The Morgan fingerprint density at radius 3 is 1.12 bits per heavy atom. The van der Waals surface area contributed by atoms with E-state index < -0.39 is 0 Å². The van der Waals surface area contributed by atoms with E-state index in [4.69, 9.17) is 0 Å². The molecule has 0 heterocycles. The predicted molar refractivity (Wildman–Crippen MR) is 41.7 cm³/mol. The van der Waals surface area contributed by atoms with Crippen LogP contribution < -0.4 is 0 Å². The largest absolute Gasteiger partial charge is 0.0626 e. The Labute approximate surface area is 56.7 Å². The van der Waals surface area contributed by atoms with Gasteiger partial charge in [0.15, 0.2) is 0 Å². The van der Waals surface area contributed by atoms with E-state index in [1.165, 1.54) is 17.2 Å². The summed E-state index contributed by atoms with van der Waals surface area (Å²) in [5.41, 5.74) is 1.85. The molecule has 0 rings (SSSR count). The van der Waals surface area contributed by atoms with Crippen LogP contribution in [0.5, 0.6) is 0 Å². The summed E-state index contributed by atoms with van der Waals surface area (Å²) in [6.07, 6.45) is 0. The second kappa shape index (κ2) is 4.33. The van der Waals surface area contributed by atoms with Gasteiger partial charge in [-0.1, -0.05) is 27.7 Å². The molecule has 46 valence electrons. The molecule has 0 aliphatic rings. The third-order valence-corrected chi connectivity index (χ3v) is 5.95. The van der Waals surface area contributed by atoms with Gasteiger partial charge in [-0.15, -0.1) is 0 Å². The van der Waals surface area contributed by atoms with Crippen molar-refractivity contribution >= 4 is 17.2 Å². The van der Waals surface area contributed by atoms with Crippen LogP contribution in [0.2, 0.25) is 11.1 Å². The minimum Gasteiger partial charge on any atom is -0.0626 e. The number of hydrogen-bond acceptors (Lipinski definition) is 0. The van der Waals surface area contributed by atoms with Gasteiger partial charge in [-0.25, -0.2) is 0 Å². The highest BCUT2D eigenvalue weighted by molar-refractivity contribution is 6.74. The molecule has 0 aromatic carbocycles. The molecule has 0 saturated heterocycles. The minimum atomic E-state index is 0.927. The topological polar surface area (TPSA) is 0 Å². The van der Waals surface area contributed by atoms with Crippen molar-refractivity contribution < 1.29 is 0 Å². The van der Waals surface area contributed by atoms with Crippen molar-refractivity contribution in [2.45, 2.75) is 38.8 Å². The van der Waals surface area contributed by atoms with E-state index in [1.807, 2.05) is 0 Å². The highest BCUT2D eigenvalue weighted by Gasteiger charge is 1.87. The van der Waals surface area contributed by atoms with E-state index in [9.17, 15) is 0 Å². The molecule has 8 heavy (non-hydrogen) atoms. The fourth-order valence-corrected chi connectivity index (χ4v) is 3.00. The lowest BCUT2D eigenvalue weighted by Crippen LogP contribution is -1.93. The fourth-order valence-electron chi connectivity index (χ4n) is 0.333. The first-order chi connectivity index (χ1) is 3.63. The highest BCUT2D eigenvalue weighted by atomic mass is 28.9. The summed E-state index contributed by atoms with van der Waals surface area (Å²) in [5, 5.41) is 0. The number of rotatable bonds is 2. The van der Waals surface area contributed by atoms with Gasteiger partial charge in [0.2, 0.25) is 0 Å². The summed E-state index contributed by atoms with van der Waals surface area (Å²) >= 11 is 0. The Balaban J connectivity index is 3.34. The van der Waals surface area contributed by atoms with Gasteiger partial charge in [-0.05, 0) is 28.3 Å². The van der Waals surface area contributed by atoms with Crippen LogP contribution in [0.1, 0.15) is 27.7 Å². The lowest BCUT2D eigenvalue weighted by Gasteiger charge is -1.93. The molecule has 0 unspecified atom stereocenters. The van der Waals surface area contributed by atoms with E-state index in [-0.39, 0.29) is 0 Å². The quantitative estimate of drug-likeness (QED) is 0.517. The zero-order valence-corrected chi connectivity index (χ0v) is 8.15. The van der Waals surface area contributed by atoms with Gasteiger partial charge < -0.3 is 0 Å². The SMILES string of the molecule is CC(C)[Si]=[Si]C(C)C. The maximum Gasteiger partial charge on any atom is -0.00296 e. The maximum absolute atomic E-state index is 2.30. The van der Waals surface area contributed by atoms with Gasteiger partial charge in [-0.3, -0.25) is 0 Å². The fraction of sp³-hybridized carbons (Fsp3) is 1.00. The third-order valence-electron chi connectivity index (χ3n) is 0.661. The van der Waals surface area contributed by atoms with Crippen molar-refractivity contribution in [3.8, 4) is 0 Å². The van der Waals surface area contributed by atoms with Crippen LogP contribution in [-0.2, 0) is 0 Å². The molecule has 0 N–H and O–H groups in total. The molecular formula is C6H14Si2. The van der Waals surface area contributed by atoms with Crippen molar-refractivity contribution in [3.05, 3.63) is 0 Å². The average Bonchev–Trinajstić information content (AvgIpc) is 1.61. The predicted octanol–water partition coefficient (Wildman–Crippen LogP) is 1.97. The molecular weight excluding hydrogens is 128 g/mol. The summed E-state index contributed by atoms with van der Waals surface area (Å²) in [5.74, 6) is 0. The Morgan fingerprint density at radius 1 is 0.750 bits per heavy atom. The summed E-state index contributed by atoms with van der Waals surface area (Å²) in [6.45, 7) is 9.20. The molecule has 0 saturated carbocycles. The molecule has 0 aromatic heterocycles. The Morgan fingerprint density at radius 2 is 1.00 bits per heavy atom. The lowest BCUT2D eigenvalue weighted by molar-refractivity contribution is 1.06. The first-order valence-electron chi connectivity index (χ1n) is 3.14. The lowest BCUT2D eigenvalue weighted by atomic mass is 10.6. The monoisotopic (exact) mass is 142 g/mol. The normalized spacial score (nSPS) is 12.2. The Bertz CT molecular complexity index is 64.6. The Hall–Kier alpha value is 0.434. The van der Waals surface area contributed by atoms with Crippen molar-refractivity contribution in [2.75, 3.05) is 0 Å². The van der Waals surface area contributed by atoms with Crippen LogP contribution in [0, 0.1) is 0 Å². The van der Waals surface area contributed by atoms with E-state index in [0.29, 0.717) is 0 Å². The van der Waals surface area contributed by atoms with Gasteiger partial charge in [0.25, 0.3) is 0 Å². The van der Waals surface area contributed by atoms with E-state index in [1.54, 1.807) is 0 Å². The molecule has 0 atom stereocenters. The molecule has 0 bridgehead atoms. The maximum atomic E-state index is 2.30.